The largest absolute Gasteiger partial charge is 0.338 e. The number of aromatic nitrogens is 1. The molecule has 2 aromatic rings. The first kappa shape index (κ1) is 16.5. The molecule has 1 aliphatic rings. The van der Waals surface area contributed by atoms with Crippen LogP contribution in [0.5, 0.6) is 0 Å². The minimum atomic E-state index is 0.0865. The number of urea groups is 1. The van der Waals surface area contributed by atoms with E-state index in [0.29, 0.717) is 12.5 Å². The van der Waals surface area contributed by atoms with Crippen LogP contribution in [0.15, 0.2) is 17.5 Å². The lowest BCUT2D eigenvalue weighted by molar-refractivity contribution is 0.170. The first-order valence-corrected chi connectivity index (χ1v) is 9.85. The predicted octanol–water partition coefficient (Wildman–Crippen LogP) is 4.16. The minimum absolute atomic E-state index is 0.0865. The van der Waals surface area contributed by atoms with Gasteiger partial charge in [-0.1, -0.05) is 6.92 Å². The molecule has 3 heterocycles. The molecule has 0 bridgehead atoms. The van der Waals surface area contributed by atoms with Crippen LogP contribution in [-0.4, -0.2) is 35.5 Å². The van der Waals surface area contributed by atoms with Crippen LogP contribution in [0.3, 0.4) is 0 Å². The highest BCUT2D eigenvalue weighted by atomic mass is 32.1. The zero-order valence-electron chi connectivity index (χ0n) is 13.7. The number of carbonyl (C=O) groups excluding carboxylic acids is 1. The second-order valence-corrected chi connectivity index (χ2v) is 8.42. The van der Waals surface area contributed by atoms with E-state index in [-0.39, 0.29) is 6.03 Å². The maximum Gasteiger partial charge on any atom is 0.317 e. The smallest absolute Gasteiger partial charge is 0.317 e. The molecule has 1 unspecified atom stereocenters. The summed E-state index contributed by atoms with van der Waals surface area (Å²) in [7, 11) is 0. The average Bonchev–Trinajstić information content (AvgIpc) is 3.16. The van der Waals surface area contributed by atoms with Gasteiger partial charge >= 0.3 is 6.03 Å². The fourth-order valence-corrected chi connectivity index (χ4v) is 4.56. The van der Waals surface area contributed by atoms with E-state index in [1.807, 2.05) is 11.8 Å². The number of aryl methyl sites for hydroxylation is 1. The van der Waals surface area contributed by atoms with E-state index in [2.05, 4.69) is 34.7 Å². The first-order valence-electron chi connectivity index (χ1n) is 8.16. The van der Waals surface area contributed by atoms with E-state index < -0.39 is 0 Å². The Hall–Kier alpha value is -1.40. The van der Waals surface area contributed by atoms with Crippen LogP contribution in [0, 0.1) is 12.8 Å². The Morgan fingerprint density at radius 2 is 2.35 bits per heavy atom. The highest BCUT2D eigenvalue weighted by molar-refractivity contribution is 7.16. The van der Waals surface area contributed by atoms with Gasteiger partial charge in [-0.2, -0.15) is 0 Å². The Morgan fingerprint density at radius 1 is 1.48 bits per heavy atom. The van der Waals surface area contributed by atoms with Crippen molar-refractivity contribution in [3.05, 3.63) is 27.4 Å². The molecule has 1 saturated heterocycles. The number of nitrogens with one attached hydrogen (secondary N) is 1. The van der Waals surface area contributed by atoms with Gasteiger partial charge in [0.1, 0.15) is 0 Å². The number of nitrogens with zero attached hydrogens (tertiary/aromatic N) is 2. The third-order valence-electron chi connectivity index (χ3n) is 4.12. The van der Waals surface area contributed by atoms with Crippen LogP contribution in [0.1, 0.15) is 29.7 Å². The third-order valence-corrected chi connectivity index (χ3v) is 6.07. The van der Waals surface area contributed by atoms with Crippen LogP contribution in [0.25, 0.3) is 10.6 Å². The summed E-state index contributed by atoms with van der Waals surface area (Å²) in [5.74, 6) is 0.621. The molecule has 0 radical (unpaired) electrons. The van der Waals surface area contributed by atoms with Crippen LogP contribution < -0.4 is 5.32 Å². The summed E-state index contributed by atoms with van der Waals surface area (Å²) in [6.45, 7) is 6.72. The molecule has 0 aromatic carbocycles. The number of amides is 2. The van der Waals surface area contributed by atoms with E-state index in [9.17, 15) is 4.79 Å². The number of thiophene rings is 1. The molecule has 2 amide bonds. The normalized spacial score (nSPS) is 18.2. The molecule has 0 aliphatic carbocycles. The van der Waals surface area contributed by atoms with Crippen molar-refractivity contribution in [3.8, 4) is 10.6 Å². The molecule has 3 rings (SSSR count). The lowest BCUT2D eigenvalue weighted by Gasteiger charge is -2.30. The molecule has 124 valence electrons. The van der Waals surface area contributed by atoms with E-state index in [4.69, 9.17) is 0 Å². The fourth-order valence-electron chi connectivity index (χ4n) is 2.90. The highest BCUT2D eigenvalue weighted by Crippen LogP contribution is 2.29. The molecule has 1 aliphatic heterocycles. The highest BCUT2D eigenvalue weighted by Gasteiger charge is 2.20. The van der Waals surface area contributed by atoms with E-state index in [0.717, 1.165) is 36.6 Å². The number of rotatable bonds is 4. The molecule has 1 atom stereocenters. The standard InChI is InChI=1S/C17H23N3OS2/c1-12-4-3-9-20(10-12)17(21)18-8-7-14-5-6-16(23-14)15-11-22-13(2)19-15/h5-6,11-12H,3-4,7-10H2,1-2H3,(H,18,21). The number of carbonyl (C=O) groups is 1. The first-order chi connectivity index (χ1) is 11.1. The Balaban J connectivity index is 1.47. The topological polar surface area (TPSA) is 45.2 Å². The summed E-state index contributed by atoms with van der Waals surface area (Å²) in [5, 5.41) is 6.25. The van der Waals surface area contributed by atoms with Gasteiger partial charge < -0.3 is 10.2 Å². The molecule has 23 heavy (non-hydrogen) atoms. The van der Waals surface area contributed by atoms with Crippen molar-refractivity contribution in [2.75, 3.05) is 19.6 Å². The Kier molecular flexibility index (Phi) is 5.33. The molecule has 0 saturated carbocycles. The van der Waals surface area contributed by atoms with Gasteiger partial charge in [-0.05, 0) is 44.2 Å². The van der Waals surface area contributed by atoms with Gasteiger partial charge in [0.25, 0.3) is 0 Å². The monoisotopic (exact) mass is 349 g/mol. The Bertz CT molecular complexity index is 664. The van der Waals surface area contributed by atoms with Crippen LogP contribution in [0.2, 0.25) is 0 Å². The zero-order chi connectivity index (χ0) is 16.2. The minimum Gasteiger partial charge on any atom is -0.338 e. The summed E-state index contributed by atoms with van der Waals surface area (Å²) in [6, 6.07) is 4.36. The number of piperidine rings is 1. The predicted molar refractivity (Wildman–Crippen MR) is 97.2 cm³/mol. The van der Waals surface area contributed by atoms with E-state index in [1.165, 1.54) is 16.2 Å². The van der Waals surface area contributed by atoms with Crippen molar-refractivity contribution < 1.29 is 4.79 Å². The van der Waals surface area contributed by atoms with Gasteiger partial charge in [0.15, 0.2) is 0 Å². The summed E-state index contributed by atoms with van der Waals surface area (Å²) in [5.41, 5.74) is 1.06. The van der Waals surface area contributed by atoms with E-state index in [1.54, 1.807) is 22.7 Å². The maximum absolute atomic E-state index is 12.2. The zero-order valence-corrected chi connectivity index (χ0v) is 15.3. The van der Waals surface area contributed by atoms with Crippen molar-refractivity contribution in [1.82, 2.24) is 15.2 Å². The van der Waals surface area contributed by atoms with Crippen LogP contribution >= 0.6 is 22.7 Å². The molecule has 6 heteroatoms. The van der Waals surface area contributed by atoms with Crippen molar-refractivity contribution in [2.45, 2.75) is 33.1 Å². The second-order valence-electron chi connectivity index (χ2n) is 6.19. The van der Waals surface area contributed by atoms with Crippen LogP contribution in [-0.2, 0) is 6.42 Å². The third kappa shape index (κ3) is 4.32. The molecule has 1 N–H and O–H groups in total. The van der Waals surface area contributed by atoms with Gasteiger partial charge in [0.2, 0.25) is 0 Å². The van der Waals surface area contributed by atoms with Gasteiger partial charge in [-0.3, -0.25) is 0 Å². The number of likely N-dealkylation sites (tertiary alicyclic amines) is 1. The summed E-state index contributed by atoms with van der Waals surface area (Å²) in [4.78, 5) is 21.1. The SMILES string of the molecule is Cc1nc(-c2ccc(CCNC(=O)N3CCCC(C)C3)s2)cs1. The molecule has 4 nitrogen and oxygen atoms in total. The summed E-state index contributed by atoms with van der Waals surface area (Å²) >= 11 is 3.45. The molecule has 0 spiro atoms. The van der Waals surface area contributed by atoms with Gasteiger partial charge in [-0.15, -0.1) is 22.7 Å². The van der Waals surface area contributed by atoms with E-state index >= 15 is 0 Å². The van der Waals surface area contributed by atoms with Gasteiger partial charge in [-0.25, -0.2) is 9.78 Å². The molecule has 2 aromatic heterocycles. The molecular formula is C17H23N3OS2. The second kappa shape index (κ2) is 7.45. The molecule has 1 fully saturated rings. The van der Waals surface area contributed by atoms with Crippen molar-refractivity contribution in [1.29, 1.82) is 0 Å². The number of hydrogen-bond acceptors (Lipinski definition) is 4. The maximum atomic E-state index is 12.2. The Morgan fingerprint density at radius 3 is 3.09 bits per heavy atom. The summed E-state index contributed by atoms with van der Waals surface area (Å²) in [6.07, 6.45) is 3.23. The van der Waals surface area contributed by atoms with Crippen molar-refractivity contribution in [3.63, 3.8) is 0 Å². The lowest BCUT2D eigenvalue weighted by atomic mass is 10.0. The van der Waals surface area contributed by atoms with Gasteiger partial charge in [0, 0.05) is 29.9 Å². The lowest BCUT2D eigenvalue weighted by Crippen LogP contribution is -2.45. The Labute approximate surface area is 145 Å². The van der Waals surface area contributed by atoms with Gasteiger partial charge in [0.05, 0.1) is 15.6 Å². The number of hydrogen-bond donors (Lipinski definition) is 1. The van der Waals surface area contributed by atoms with Crippen molar-refractivity contribution in [2.24, 2.45) is 5.92 Å². The number of thiazole rings is 1. The molecular weight excluding hydrogens is 326 g/mol. The fraction of sp³-hybridized carbons (Fsp3) is 0.529. The van der Waals surface area contributed by atoms with Crippen LogP contribution in [0.4, 0.5) is 4.79 Å². The quantitative estimate of drug-likeness (QED) is 0.900. The van der Waals surface area contributed by atoms with Crippen molar-refractivity contribution >= 4 is 28.7 Å². The summed E-state index contributed by atoms with van der Waals surface area (Å²) < 4.78 is 0. The average molecular weight is 350 g/mol.